The summed E-state index contributed by atoms with van der Waals surface area (Å²) in [7, 11) is 1.42. The summed E-state index contributed by atoms with van der Waals surface area (Å²) in [5, 5.41) is 12.7. The van der Waals surface area contributed by atoms with Gasteiger partial charge in [0.25, 0.3) is 0 Å². The number of carbonyl (C=O) groups is 1. The maximum atomic E-state index is 11.3. The van der Waals surface area contributed by atoms with Gasteiger partial charge < -0.3 is 19.9 Å². The van der Waals surface area contributed by atoms with Crippen molar-refractivity contribution in [3.8, 4) is 5.75 Å². The van der Waals surface area contributed by atoms with Crippen molar-refractivity contribution in [1.29, 1.82) is 0 Å². The Morgan fingerprint density at radius 1 is 1.24 bits per heavy atom. The van der Waals surface area contributed by atoms with Crippen molar-refractivity contribution < 1.29 is 19.4 Å². The molecule has 1 unspecified atom stereocenters. The minimum atomic E-state index is -1.21. The molecule has 1 atom stereocenters. The lowest BCUT2D eigenvalue weighted by Gasteiger charge is -2.23. The quantitative estimate of drug-likeness (QED) is 0.604. The highest BCUT2D eigenvalue weighted by molar-refractivity contribution is 5.77. The van der Waals surface area contributed by atoms with E-state index in [1.165, 1.54) is 7.11 Å². The van der Waals surface area contributed by atoms with Crippen molar-refractivity contribution in [2.45, 2.75) is 25.4 Å². The van der Waals surface area contributed by atoms with Crippen LogP contribution in [0.2, 0.25) is 0 Å². The van der Waals surface area contributed by atoms with E-state index < -0.39 is 11.6 Å². The fourth-order valence-electron chi connectivity index (χ4n) is 2.60. The first-order chi connectivity index (χ1) is 12.0. The van der Waals surface area contributed by atoms with Crippen LogP contribution in [0.1, 0.15) is 18.9 Å². The molecule has 1 aromatic carbocycles. The van der Waals surface area contributed by atoms with E-state index in [9.17, 15) is 9.90 Å². The number of nitrogens with one attached hydrogen (secondary N) is 1. The van der Waals surface area contributed by atoms with Crippen molar-refractivity contribution in [1.82, 2.24) is 5.32 Å². The van der Waals surface area contributed by atoms with Gasteiger partial charge in [-0.15, -0.1) is 0 Å². The Morgan fingerprint density at radius 2 is 1.92 bits per heavy atom. The van der Waals surface area contributed by atoms with Gasteiger partial charge in [-0.05, 0) is 37.6 Å². The summed E-state index contributed by atoms with van der Waals surface area (Å²) in [6.07, 6.45) is 9.76. The third kappa shape index (κ3) is 6.03. The van der Waals surface area contributed by atoms with Crippen LogP contribution >= 0.6 is 0 Å². The van der Waals surface area contributed by atoms with E-state index in [-0.39, 0.29) is 0 Å². The van der Waals surface area contributed by atoms with Crippen molar-refractivity contribution in [3.05, 3.63) is 54.1 Å². The molecule has 0 fully saturated rings. The Bertz CT molecular complexity index is 597. The normalized spacial score (nSPS) is 16.1. The Kier molecular flexibility index (Phi) is 7.22. The molecule has 5 heteroatoms. The summed E-state index contributed by atoms with van der Waals surface area (Å²) in [4.78, 5) is 11.3. The van der Waals surface area contributed by atoms with Gasteiger partial charge in [0, 0.05) is 26.0 Å². The molecule has 25 heavy (non-hydrogen) atoms. The van der Waals surface area contributed by atoms with Gasteiger partial charge in [-0.2, -0.15) is 0 Å². The number of carboxylic acid groups (broad SMARTS) is 1. The molecule has 2 rings (SSSR count). The monoisotopic (exact) mass is 345 g/mol. The van der Waals surface area contributed by atoms with Crippen molar-refractivity contribution in [3.63, 3.8) is 0 Å². The van der Waals surface area contributed by atoms with Gasteiger partial charge in [-0.1, -0.05) is 36.4 Å². The summed E-state index contributed by atoms with van der Waals surface area (Å²) in [6.45, 7) is 4.10. The van der Waals surface area contributed by atoms with Crippen LogP contribution in [0, 0.1) is 5.92 Å². The second kappa shape index (κ2) is 9.39. The molecule has 136 valence electrons. The minimum Gasteiger partial charge on any atom is -0.494 e. The smallest absolute Gasteiger partial charge is 0.336 e. The summed E-state index contributed by atoms with van der Waals surface area (Å²) < 4.78 is 10.8. The van der Waals surface area contributed by atoms with Crippen LogP contribution in [-0.4, -0.2) is 43.5 Å². The van der Waals surface area contributed by atoms with Gasteiger partial charge in [-0.25, -0.2) is 4.79 Å². The molecule has 0 saturated carbocycles. The zero-order valence-corrected chi connectivity index (χ0v) is 14.9. The van der Waals surface area contributed by atoms with Gasteiger partial charge in [-0.3, -0.25) is 0 Å². The van der Waals surface area contributed by atoms with E-state index in [2.05, 4.69) is 29.6 Å². The fourth-order valence-corrected chi connectivity index (χ4v) is 2.60. The van der Waals surface area contributed by atoms with Gasteiger partial charge in [0.05, 0.1) is 6.61 Å². The molecule has 5 nitrogen and oxygen atoms in total. The molecule has 0 aliphatic heterocycles. The standard InChI is InChI=1S/C20H27NO4/c1-20(24-2,19(22)23)14-16-8-10-18(11-9-16)25-13-5-12-21-15-17-6-3-4-7-17/h3-4,6-11,17,21H,5,12-15H2,1-2H3,(H,22,23). The second-order valence-corrected chi connectivity index (χ2v) is 6.40. The van der Waals surface area contributed by atoms with Crippen LogP contribution in [0.3, 0.4) is 0 Å². The number of hydrogen-bond donors (Lipinski definition) is 2. The highest BCUT2D eigenvalue weighted by Gasteiger charge is 2.33. The largest absolute Gasteiger partial charge is 0.494 e. The number of ether oxygens (including phenoxy) is 2. The molecular weight excluding hydrogens is 318 g/mol. The molecule has 1 aliphatic carbocycles. The van der Waals surface area contributed by atoms with Crippen molar-refractivity contribution in [2.24, 2.45) is 5.92 Å². The molecule has 0 aromatic heterocycles. The minimum absolute atomic E-state index is 0.313. The number of carboxylic acids is 1. The van der Waals surface area contributed by atoms with Crippen LogP contribution in [0.25, 0.3) is 0 Å². The number of rotatable bonds is 11. The van der Waals surface area contributed by atoms with Crippen LogP contribution in [0.15, 0.2) is 48.6 Å². The van der Waals surface area contributed by atoms with E-state index in [0.717, 1.165) is 30.8 Å². The third-order valence-corrected chi connectivity index (χ3v) is 4.34. The molecule has 0 spiro atoms. The van der Waals surface area contributed by atoms with E-state index in [4.69, 9.17) is 9.47 Å². The summed E-state index contributed by atoms with van der Waals surface area (Å²) in [5.41, 5.74) is -0.309. The average Bonchev–Trinajstić information content (AvgIpc) is 3.12. The molecule has 0 heterocycles. The first-order valence-electron chi connectivity index (χ1n) is 8.59. The van der Waals surface area contributed by atoms with Gasteiger partial charge in [0.2, 0.25) is 0 Å². The molecule has 1 aliphatic rings. The highest BCUT2D eigenvalue weighted by atomic mass is 16.5. The molecule has 0 radical (unpaired) electrons. The van der Waals surface area contributed by atoms with Gasteiger partial charge in [0.15, 0.2) is 5.60 Å². The second-order valence-electron chi connectivity index (χ2n) is 6.40. The number of allylic oxidation sites excluding steroid dienone is 2. The first-order valence-corrected chi connectivity index (χ1v) is 8.59. The Morgan fingerprint density at radius 3 is 2.52 bits per heavy atom. The predicted molar refractivity (Wildman–Crippen MR) is 97.9 cm³/mol. The average molecular weight is 345 g/mol. The van der Waals surface area contributed by atoms with Crippen LogP contribution in [0.5, 0.6) is 5.75 Å². The summed E-state index contributed by atoms with van der Waals surface area (Å²) >= 11 is 0. The van der Waals surface area contributed by atoms with E-state index in [1.54, 1.807) is 6.92 Å². The predicted octanol–water partition coefficient (Wildman–Crippen LogP) is 2.82. The maximum absolute atomic E-state index is 11.3. The van der Waals surface area contributed by atoms with Crippen molar-refractivity contribution in [2.75, 3.05) is 26.8 Å². The molecule has 0 amide bonds. The topological polar surface area (TPSA) is 67.8 Å². The zero-order valence-electron chi connectivity index (χ0n) is 14.9. The Hall–Kier alpha value is -2.11. The van der Waals surface area contributed by atoms with Crippen LogP contribution in [-0.2, 0) is 16.0 Å². The van der Waals surface area contributed by atoms with E-state index in [1.807, 2.05) is 24.3 Å². The Balaban J connectivity index is 1.67. The first kappa shape index (κ1) is 19.2. The van der Waals surface area contributed by atoms with E-state index in [0.29, 0.717) is 18.9 Å². The number of aliphatic carboxylic acids is 1. The third-order valence-electron chi connectivity index (χ3n) is 4.34. The SMILES string of the molecule is COC(C)(Cc1ccc(OCCCNCC2C=CC=C2)cc1)C(=O)O. The fraction of sp³-hybridized carbons (Fsp3) is 0.450. The van der Waals surface area contributed by atoms with Crippen LogP contribution < -0.4 is 10.1 Å². The molecule has 1 aromatic rings. The van der Waals surface area contributed by atoms with Crippen molar-refractivity contribution >= 4 is 5.97 Å². The summed E-state index contributed by atoms with van der Waals surface area (Å²) in [6, 6.07) is 7.50. The zero-order chi connectivity index (χ0) is 18.1. The van der Waals surface area contributed by atoms with Crippen LogP contribution in [0.4, 0.5) is 0 Å². The highest BCUT2D eigenvalue weighted by Crippen LogP contribution is 2.20. The number of hydrogen-bond acceptors (Lipinski definition) is 4. The van der Waals surface area contributed by atoms with E-state index >= 15 is 0 Å². The number of methoxy groups -OCH3 is 1. The van der Waals surface area contributed by atoms with Gasteiger partial charge in [0.1, 0.15) is 5.75 Å². The van der Waals surface area contributed by atoms with Gasteiger partial charge >= 0.3 is 5.97 Å². The molecule has 2 N–H and O–H groups in total. The molecule has 0 bridgehead atoms. The lowest BCUT2D eigenvalue weighted by Crippen LogP contribution is -2.39. The number of benzene rings is 1. The summed E-state index contributed by atoms with van der Waals surface area (Å²) in [5.74, 6) is 0.336. The Labute approximate surface area is 149 Å². The lowest BCUT2D eigenvalue weighted by atomic mass is 9.96. The maximum Gasteiger partial charge on any atom is 0.336 e. The lowest BCUT2D eigenvalue weighted by molar-refractivity contribution is -0.159. The molecular formula is C20H27NO4. The molecule has 0 saturated heterocycles.